The van der Waals surface area contributed by atoms with Gasteiger partial charge in [0.05, 0.1) is 0 Å². The van der Waals surface area contributed by atoms with Gasteiger partial charge < -0.3 is 15.7 Å². The van der Waals surface area contributed by atoms with Gasteiger partial charge in [0.25, 0.3) is 0 Å². The van der Waals surface area contributed by atoms with E-state index < -0.39 is 0 Å². The highest BCUT2D eigenvalue weighted by atomic mass is 16.3. The molecule has 0 aromatic heterocycles. The zero-order valence-electron chi connectivity index (χ0n) is 9.77. The Hall–Kier alpha value is -0.610. The summed E-state index contributed by atoms with van der Waals surface area (Å²) in [4.78, 5) is 13.8. The summed E-state index contributed by atoms with van der Waals surface area (Å²) in [6.45, 7) is 1.77. The Morgan fingerprint density at radius 3 is 2.44 bits per heavy atom. The summed E-state index contributed by atoms with van der Waals surface area (Å²) in [5.41, 5.74) is 5.62. The van der Waals surface area contributed by atoms with E-state index in [1.807, 2.05) is 4.90 Å². The third-order valence-electron chi connectivity index (χ3n) is 4.09. The van der Waals surface area contributed by atoms with Gasteiger partial charge in [-0.3, -0.25) is 4.79 Å². The van der Waals surface area contributed by atoms with Gasteiger partial charge in [-0.1, -0.05) is 0 Å². The first-order valence-corrected chi connectivity index (χ1v) is 6.35. The zero-order chi connectivity index (χ0) is 11.5. The van der Waals surface area contributed by atoms with Gasteiger partial charge in [-0.25, -0.2) is 0 Å². The molecule has 1 heterocycles. The number of aliphatic hydroxyl groups excluding tert-OH is 1. The summed E-state index contributed by atoms with van der Waals surface area (Å²) in [7, 11) is 0. The molecular weight excluding hydrogens is 204 g/mol. The largest absolute Gasteiger partial charge is 0.396 e. The Balaban J connectivity index is 1.87. The first-order valence-electron chi connectivity index (χ1n) is 6.35. The minimum absolute atomic E-state index is 0.280. The van der Waals surface area contributed by atoms with Gasteiger partial charge in [-0.2, -0.15) is 0 Å². The van der Waals surface area contributed by atoms with Crippen molar-refractivity contribution in [2.24, 2.45) is 17.6 Å². The molecule has 3 N–H and O–H groups in total. The lowest BCUT2D eigenvalue weighted by Gasteiger charge is -2.34. The molecule has 1 amide bonds. The van der Waals surface area contributed by atoms with Gasteiger partial charge in [0.15, 0.2) is 0 Å². The van der Waals surface area contributed by atoms with Crippen LogP contribution in [0.25, 0.3) is 0 Å². The van der Waals surface area contributed by atoms with Crippen LogP contribution in [0, 0.1) is 11.8 Å². The molecule has 2 rings (SSSR count). The molecule has 1 unspecified atom stereocenters. The maximum Gasteiger partial charge on any atom is 0.223 e. The van der Waals surface area contributed by atoms with E-state index in [0.29, 0.717) is 37.5 Å². The molecular formula is C12H22N2O2. The fraction of sp³-hybridized carbons (Fsp3) is 0.917. The predicted octanol–water partition coefficient (Wildman–Crippen LogP) is 0.345. The highest BCUT2D eigenvalue weighted by Gasteiger charge is 2.35. The molecule has 1 aliphatic heterocycles. The quantitative estimate of drug-likeness (QED) is 0.729. The molecule has 1 atom stereocenters. The molecule has 16 heavy (non-hydrogen) atoms. The summed E-state index contributed by atoms with van der Waals surface area (Å²) in [5.74, 6) is 1.10. The van der Waals surface area contributed by atoms with Crippen molar-refractivity contribution in [3.63, 3.8) is 0 Å². The summed E-state index contributed by atoms with van der Waals surface area (Å²) in [6.07, 6.45) is 4.84. The number of rotatable bonds is 3. The number of carbonyl (C=O) groups excluding carboxylic acids is 1. The second kappa shape index (κ2) is 5.15. The second-order valence-electron chi connectivity index (χ2n) is 5.21. The smallest absolute Gasteiger partial charge is 0.223 e. The Labute approximate surface area is 96.8 Å². The van der Waals surface area contributed by atoms with Crippen molar-refractivity contribution in [1.82, 2.24) is 4.90 Å². The van der Waals surface area contributed by atoms with E-state index in [1.54, 1.807) is 0 Å². The molecule has 0 aromatic rings. The standard InChI is InChI=1S/C12H22N2O2/c13-6-10-5-12(16)14(7-10)11-3-1-9(8-15)2-4-11/h9-11,15H,1-8,13H2. The van der Waals surface area contributed by atoms with Gasteiger partial charge >= 0.3 is 0 Å². The van der Waals surface area contributed by atoms with E-state index in [0.717, 1.165) is 32.2 Å². The number of amides is 1. The highest BCUT2D eigenvalue weighted by Crippen LogP contribution is 2.30. The Bertz CT molecular complexity index is 249. The number of hydrogen-bond donors (Lipinski definition) is 2. The van der Waals surface area contributed by atoms with Crippen molar-refractivity contribution in [1.29, 1.82) is 0 Å². The van der Waals surface area contributed by atoms with Crippen LogP contribution in [0.4, 0.5) is 0 Å². The average molecular weight is 226 g/mol. The van der Waals surface area contributed by atoms with Gasteiger partial charge in [0.2, 0.25) is 5.91 Å². The van der Waals surface area contributed by atoms with Crippen LogP contribution in [-0.4, -0.2) is 41.7 Å². The summed E-state index contributed by atoms with van der Waals surface area (Å²) >= 11 is 0. The molecule has 1 saturated heterocycles. The van der Waals surface area contributed by atoms with Crippen LogP contribution in [0.1, 0.15) is 32.1 Å². The maximum atomic E-state index is 11.8. The third-order valence-corrected chi connectivity index (χ3v) is 4.09. The van der Waals surface area contributed by atoms with Crippen LogP contribution in [0.3, 0.4) is 0 Å². The molecule has 4 heteroatoms. The molecule has 0 bridgehead atoms. The first kappa shape index (κ1) is 11.9. The van der Waals surface area contributed by atoms with Gasteiger partial charge in [-0.15, -0.1) is 0 Å². The van der Waals surface area contributed by atoms with Gasteiger partial charge in [0.1, 0.15) is 0 Å². The Morgan fingerprint density at radius 1 is 1.25 bits per heavy atom. The third kappa shape index (κ3) is 2.38. The zero-order valence-corrected chi connectivity index (χ0v) is 9.77. The average Bonchev–Trinajstić information content (AvgIpc) is 2.71. The molecule has 0 radical (unpaired) electrons. The van der Waals surface area contributed by atoms with E-state index in [1.165, 1.54) is 0 Å². The van der Waals surface area contributed by atoms with E-state index in [-0.39, 0.29) is 5.91 Å². The van der Waals surface area contributed by atoms with Crippen LogP contribution in [0.15, 0.2) is 0 Å². The fourth-order valence-electron chi connectivity index (χ4n) is 2.96. The number of nitrogens with zero attached hydrogens (tertiary/aromatic N) is 1. The SMILES string of the molecule is NCC1CC(=O)N(C2CCC(CO)CC2)C1. The van der Waals surface area contributed by atoms with Crippen LogP contribution in [-0.2, 0) is 4.79 Å². The molecule has 1 aliphatic carbocycles. The summed E-state index contributed by atoms with van der Waals surface area (Å²) in [6, 6.07) is 0.409. The van der Waals surface area contributed by atoms with Crippen molar-refractivity contribution in [2.45, 2.75) is 38.1 Å². The van der Waals surface area contributed by atoms with E-state index in [4.69, 9.17) is 10.8 Å². The molecule has 0 spiro atoms. The van der Waals surface area contributed by atoms with Crippen LogP contribution in [0.5, 0.6) is 0 Å². The fourth-order valence-corrected chi connectivity index (χ4v) is 2.96. The predicted molar refractivity (Wildman–Crippen MR) is 61.7 cm³/mol. The van der Waals surface area contributed by atoms with Crippen molar-refractivity contribution in [3.05, 3.63) is 0 Å². The molecule has 2 aliphatic rings. The summed E-state index contributed by atoms with van der Waals surface area (Å²) < 4.78 is 0. The number of carbonyl (C=O) groups is 1. The Kier molecular flexibility index (Phi) is 3.82. The van der Waals surface area contributed by atoms with E-state index >= 15 is 0 Å². The topological polar surface area (TPSA) is 66.6 Å². The number of aliphatic hydroxyl groups is 1. The second-order valence-corrected chi connectivity index (χ2v) is 5.21. The lowest BCUT2D eigenvalue weighted by atomic mass is 9.86. The number of nitrogens with two attached hydrogens (primary N) is 1. The monoisotopic (exact) mass is 226 g/mol. The van der Waals surface area contributed by atoms with Crippen LogP contribution in [0.2, 0.25) is 0 Å². The van der Waals surface area contributed by atoms with Crippen molar-refractivity contribution in [2.75, 3.05) is 19.7 Å². The van der Waals surface area contributed by atoms with Gasteiger partial charge in [-0.05, 0) is 44.1 Å². The van der Waals surface area contributed by atoms with Crippen molar-refractivity contribution < 1.29 is 9.90 Å². The first-order chi connectivity index (χ1) is 7.74. The van der Waals surface area contributed by atoms with Gasteiger partial charge in [0, 0.05) is 25.6 Å². The molecule has 2 fully saturated rings. The number of hydrogen-bond acceptors (Lipinski definition) is 3. The molecule has 4 nitrogen and oxygen atoms in total. The minimum Gasteiger partial charge on any atom is -0.396 e. The molecule has 92 valence electrons. The van der Waals surface area contributed by atoms with E-state index in [2.05, 4.69) is 0 Å². The van der Waals surface area contributed by atoms with Crippen molar-refractivity contribution in [3.8, 4) is 0 Å². The minimum atomic E-state index is 0.280. The maximum absolute atomic E-state index is 11.8. The summed E-state index contributed by atoms with van der Waals surface area (Å²) in [5, 5.41) is 9.08. The molecule has 0 aromatic carbocycles. The lowest BCUT2D eigenvalue weighted by Crippen LogP contribution is -2.39. The normalized spacial score (nSPS) is 35.8. The lowest BCUT2D eigenvalue weighted by molar-refractivity contribution is -0.130. The molecule has 1 saturated carbocycles. The Morgan fingerprint density at radius 2 is 1.94 bits per heavy atom. The highest BCUT2D eigenvalue weighted by molar-refractivity contribution is 5.79. The van der Waals surface area contributed by atoms with Crippen molar-refractivity contribution >= 4 is 5.91 Å². The van der Waals surface area contributed by atoms with Crippen LogP contribution >= 0.6 is 0 Å². The number of likely N-dealkylation sites (tertiary alicyclic amines) is 1. The van der Waals surface area contributed by atoms with E-state index in [9.17, 15) is 4.79 Å². The van der Waals surface area contributed by atoms with Crippen LogP contribution < -0.4 is 5.73 Å².